The molecule has 0 bridgehead atoms. The highest BCUT2D eigenvalue weighted by molar-refractivity contribution is 9.12. The van der Waals surface area contributed by atoms with Gasteiger partial charge in [0.05, 0.1) is 5.56 Å². The van der Waals surface area contributed by atoms with Crippen LogP contribution in [0.1, 0.15) is 5.56 Å². The fourth-order valence-corrected chi connectivity index (χ4v) is 1.62. The number of alkyl halides is 5. The van der Waals surface area contributed by atoms with Crippen LogP contribution in [-0.4, -0.2) is 14.7 Å². The van der Waals surface area contributed by atoms with E-state index in [1.165, 1.54) is 0 Å². The Bertz CT molecular complexity index is 416. The molecule has 0 aliphatic rings. The van der Waals surface area contributed by atoms with E-state index in [0.717, 1.165) is 22.9 Å². The molecule has 1 atom stereocenters. The molecule has 0 N–H and O–H groups in total. The first-order chi connectivity index (χ1) is 7.34. The molecule has 90 valence electrons. The minimum Gasteiger partial charge on any atom is -0.314 e. The maximum atomic E-state index is 12.4. The predicted molar refractivity (Wildman–Crippen MR) is 62.2 cm³/mol. The standard InChI is InChI=1S/C9H8Br2F3NO/c10-3-7(11)5-15-4-6(9(12,13)14)1-2-8(15)16/h1-2,4,7H,3,5H2/t7-/m1/s1. The summed E-state index contributed by atoms with van der Waals surface area (Å²) in [5.41, 5.74) is -1.26. The lowest BCUT2D eigenvalue weighted by molar-refractivity contribution is -0.138. The second kappa shape index (κ2) is 5.35. The van der Waals surface area contributed by atoms with Crippen LogP contribution in [0, 0.1) is 0 Å². The van der Waals surface area contributed by atoms with Gasteiger partial charge in [-0.25, -0.2) is 0 Å². The maximum Gasteiger partial charge on any atom is 0.417 e. The molecule has 7 heteroatoms. The van der Waals surface area contributed by atoms with Crippen molar-refractivity contribution in [2.75, 3.05) is 5.33 Å². The van der Waals surface area contributed by atoms with E-state index >= 15 is 0 Å². The van der Waals surface area contributed by atoms with Gasteiger partial charge in [0.2, 0.25) is 0 Å². The van der Waals surface area contributed by atoms with Crippen LogP contribution >= 0.6 is 31.9 Å². The first-order valence-electron chi connectivity index (χ1n) is 4.32. The minimum atomic E-state index is -4.42. The van der Waals surface area contributed by atoms with Crippen molar-refractivity contribution in [2.24, 2.45) is 0 Å². The highest BCUT2D eigenvalue weighted by Crippen LogP contribution is 2.28. The zero-order chi connectivity index (χ0) is 12.3. The van der Waals surface area contributed by atoms with Gasteiger partial charge in [0.15, 0.2) is 0 Å². The van der Waals surface area contributed by atoms with E-state index in [4.69, 9.17) is 0 Å². The highest BCUT2D eigenvalue weighted by atomic mass is 79.9. The van der Waals surface area contributed by atoms with Gasteiger partial charge in [-0.3, -0.25) is 4.79 Å². The average molecular weight is 363 g/mol. The fourth-order valence-electron chi connectivity index (χ4n) is 1.10. The molecule has 1 aromatic heterocycles. The predicted octanol–water partition coefficient (Wildman–Crippen LogP) is 3.03. The van der Waals surface area contributed by atoms with E-state index in [1.807, 2.05) is 0 Å². The van der Waals surface area contributed by atoms with Crippen LogP contribution in [0.25, 0.3) is 0 Å². The van der Waals surface area contributed by atoms with E-state index in [0.29, 0.717) is 5.33 Å². The molecule has 0 fully saturated rings. The van der Waals surface area contributed by atoms with Gasteiger partial charge < -0.3 is 4.57 Å². The van der Waals surface area contributed by atoms with Crippen molar-refractivity contribution in [3.63, 3.8) is 0 Å². The molecular weight excluding hydrogens is 355 g/mol. The lowest BCUT2D eigenvalue weighted by Crippen LogP contribution is -2.25. The number of hydrogen-bond acceptors (Lipinski definition) is 1. The van der Waals surface area contributed by atoms with Crippen molar-refractivity contribution in [1.82, 2.24) is 4.57 Å². The summed E-state index contributed by atoms with van der Waals surface area (Å²) in [6.45, 7) is 0.188. The summed E-state index contributed by atoms with van der Waals surface area (Å²) in [5.74, 6) is 0. The zero-order valence-corrected chi connectivity index (χ0v) is 11.1. The normalized spacial score (nSPS) is 13.8. The van der Waals surface area contributed by atoms with E-state index in [9.17, 15) is 18.0 Å². The summed E-state index contributed by atoms with van der Waals surface area (Å²) >= 11 is 6.41. The molecule has 0 aliphatic heterocycles. The van der Waals surface area contributed by atoms with Gasteiger partial charge in [0.25, 0.3) is 5.56 Å². The number of halogens is 5. The quantitative estimate of drug-likeness (QED) is 0.757. The molecular formula is C9H8Br2F3NO. The number of hydrogen-bond donors (Lipinski definition) is 0. The Morgan fingerprint density at radius 3 is 2.50 bits per heavy atom. The summed E-state index contributed by atoms with van der Waals surface area (Å²) in [4.78, 5) is 11.2. The molecule has 0 unspecified atom stereocenters. The van der Waals surface area contributed by atoms with Crippen LogP contribution in [0.3, 0.4) is 0 Å². The summed E-state index contributed by atoms with van der Waals surface area (Å²) < 4.78 is 38.2. The summed E-state index contributed by atoms with van der Waals surface area (Å²) in [6.07, 6.45) is -3.59. The highest BCUT2D eigenvalue weighted by Gasteiger charge is 2.31. The Kier molecular flexibility index (Phi) is 4.61. The summed E-state index contributed by atoms with van der Waals surface area (Å²) in [5, 5.41) is 0.551. The van der Waals surface area contributed by atoms with Crippen molar-refractivity contribution in [3.05, 3.63) is 34.2 Å². The van der Waals surface area contributed by atoms with Gasteiger partial charge in [-0.2, -0.15) is 13.2 Å². The molecule has 0 saturated carbocycles. The van der Waals surface area contributed by atoms with E-state index in [2.05, 4.69) is 31.9 Å². The molecule has 0 aromatic carbocycles. The molecule has 1 aromatic rings. The first-order valence-corrected chi connectivity index (χ1v) is 6.36. The molecule has 16 heavy (non-hydrogen) atoms. The summed E-state index contributed by atoms with van der Waals surface area (Å²) in [7, 11) is 0. The van der Waals surface area contributed by atoms with Crippen LogP contribution < -0.4 is 5.56 Å². The largest absolute Gasteiger partial charge is 0.417 e. The number of pyridine rings is 1. The molecule has 0 aliphatic carbocycles. The Balaban J connectivity index is 3.05. The van der Waals surface area contributed by atoms with E-state index < -0.39 is 17.3 Å². The van der Waals surface area contributed by atoms with Crippen LogP contribution in [0.15, 0.2) is 23.1 Å². The van der Waals surface area contributed by atoms with Crippen LogP contribution in [0.4, 0.5) is 13.2 Å². The van der Waals surface area contributed by atoms with Crippen LogP contribution in [0.5, 0.6) is 0 Å². The lowest BCUT2D eigenvalue weighted by atomic mass is 10.2. The molecule has 1 heterocycles. The molecule has 0 saturated heterocycles. The first kappa shape index (κ1) is 13.8. The Morgan fingerprint density at radius 1 is 1.38 bits per heavy atom. The van der Waals surface area contributed by atoms with Gasteiger partial charge in [0, 0.05) is 29.0 Å². The maximum absolute atomic E-state index is 12.4. The topological polar surface area (TPSA) is 22.0 Å². The van der Waals surface area contributed by atoms with Gasteiger partial charge in [-0.15, -0.1) is 0 Å². The second-order valence-corrected chi connectivity index (χ2v) is 5.10. The van der Waals surface area contributed by atoms with Crippen LogP contribution in [0.2, 0.25) is 0 Å². The van der Waals surface area contributed by atoms with Gasteiger partial charge in [-0.1, -0.05) is 31.9 Å². The van der Waals surface area contributed by atoms with Crippen molar-refractivity contribution in [2.45, 2.75) is 17.5 Å². The molecule has 0 radical (unpaired) electrons. The number of rotatable bonds is 3. The third-order valence-electron chi connectivity index (χ3n) is 1.87. The van der Waals surface area contributed by atoms with E-state index in [-0.39, 0.29) is 11.4 Å². The zero-order valence-electron chi connectivity index (χ0n) is 7.97. The monoisotopic (exact) mass is 361 g/mol. The van der Waals surface area contributed by atoms with E-state index in [1.54, 1.807) is 0 Å². The fraction of sp³-hybridized carbons (Fsp3) is 0.444. The van der Waals surface area contributed by atoms with Crippen LogP contribution in [-0.2, 0) is 12.7 Å². The van der Waals surface area contributed by atoms with Gasteiger partial charge >= 0.3 is 6.18 Å². The Labute approximate surface area is 107 Å². The average Bonchev–Trinajstić information content (AvgIpc) is 2.19. The Morgan fingerprint density at radius 2 is 2.00 bits per heavy atom. The van der Waals surface area contributed by atoms with Crippen molar-refractivity contribution < 1.29 is 13.2 Å². The third-order valence-corrected chi connectivity index (χ3v) is 4.14. The van der Waals surface area contributed by atoms with Crippen molar-refractivity contribution in [1.29, 1.82) is 0 Å². The SMILES string of the molecule is O=c1ccc(C(F)(F)F)cn1C[C@H](Br)CBr. The molecule has 1 rings (SSSR count). The molecule has 2 nitrogen and oxygen atoms in total. The lowest BCUT2D eigenvalue weighted by Gasteiger charge is -2.12. The summed E-state index contributed by atoms with van der Waals surface area (Å²) in [6, 6.07) is 1.72. The van der Waals surface area contributed by atoms with Gasteiger partial charge in [0.1, 0.15) is 0 Å². The second-order valence-electron chi connectivity index (χ2n) is 3.16. The smallest absolute Gasteiger partial charge is 0.314 e. The Hall–Kier alpha value is -0.300. The number of nitrogens with zero attached hydrogens (tertiary/aromatic N) is 1. The van der Waals surface area contributed by atoms with Gasteiger partial charge in [-0.05, 0) is 6.07 Å². The number of aromatic nitrogens is 1. The third kappa shape index (κ3) is 3.62. The van der Waals surface area contributed by atoms with Crippen molar-refractivity contribution in [3.8, 4) is 0 Å². The minimum absolute atomic E-state index is 0.0892. The molecule has 0 spiro atoms. The molecule has 0 amide bonds. The van der Waals surface area contributed by atoms with Crippen molar-refractivity contribution >= 4 is 31.9 Å².